The van der Waals surface area contributed by atoms with Gasteiger partial charge >= 0.3 is 0 Å². The molecule has 0 spiro atoms. The van der Waals surface area contributed by atoms with E-state index < -0.39 is 0 Å². The minimum Gasteiger partial charge on any atom is -0.325 e. The first-order valence-corrected chi connectivity index (χ1v) is 6.46. The monoisotopic (exact) mass is 231 g/mol. The minimum atomic E-state index is 0.206. The Morgan fingerprint density at radius 3 is 2.18 bits per heavy atom. The summed E-state index contributed by atoms with van der Waals surface area (Å²) in [5, 5.41) is 3.11. The standard InChI is InChI=1S/C15H21NO/c1-10-8-11(2)14(12(3)9-10)16-15(17)13-6-4-5-7-13/h8-9,13H,4-7H2,1-3H3,(H,16,17). The fourth-order valence-corrected chi connectivity index (χ4v) is 2.79. The molecule has 1 aliphatic carbocycles. The van der Waals surface area contributed by atoms with Gasteiger partial charge in [-0.1, -0.05) is 30.5 Å². The topological polar surface area (TPSA) is 29.1 Å². The van der Waals surface area contributed by atoms with Crippen LogP contribution in [0.2, 0.25) is 0 Å². The second-order valence-corrected chi connectivity index (χ2v) is 5.24. The van der Waals surface area contributed by atoms with E-state index in [0.717, 1.165) is 29.7 Å². The summed E-state index contributed by atoms with van der Waals surface area (Å²) in [7, 11) is 0. The van der Waals surface area contributed by atoms with Crippen LogP contribution in [0.4, 0.5) is 5.69 Å². The molecule has 2 rings (SSSR count). The molecule has 0 unspecified atom stereocenters. The van der Waals surface area contributed by atoms with Crippen LogP contribution in [0.25, 0.3) is 0 Å². The second kappa shape index (κ2) is 4.91. The Kier molecular flexibility index (Phi) is 3.51. The van der Waals surface area contributed by atoms with Gasteiger partial charge in [0.05, 0.1) is 0 Å². The lowest BCUT2D eigenvalue weighted by atomic mass is 10.0. The molecule has 0 atom stereocenters. The maximum absolute atomic E-state index is 12.1. The van der Waals surface area contributed by atoms with Crippen LogP contribution >= 0.6 is 0 Å². The van der Waals surface area contributed by atoms with Crippen molar-refractivity contribution in [2.45, 2.75) is 46.5 Å². The molecule has 0 heterocycles. The molecule has 17 heavy (non-hydrogen) atoms. The summed E-state index contributed by atoms with van der Waals surface area (Å²) in [5.41, 5.74) is 4.58. The SMILES string of the molecule is Cc1cc(C)c(NC(=O)C2CCCC2)c(C)c1. The second-order valence-electron chi connectivity index (χ2n) is 5.24. The average Bonchev–Trinajstić information content (AvgIpc) is 2.76. The van der Waals surface area contributed by atoms with Crippen molar-refractivity contribution in [2.24, 2.45) is 5.92 Å². The van der Waals surface area contributed by atoms with Gasteiger partial charge < -0.3 is 5.32 Å². The quantitative estimate of drug-likeness (QED) is 0.825. The van der Waals surface area contributed by atoms with E-state index in [9.17, 15) is 4.79 Å². The highest BCUT2D eigenvalue weighted by molar-refractivity contribution is 5.94. The number of anilines is 1. The molecule has 1 N–H and O–H groups in total. The molecule has 0 saturated heterocycles. The lowest BCUT2D eigenvalue weighted by molar-refractivity contribution is -0.119. The molecular formula is C15H21NO. The number of carbonyl (C=O) groups excluding carboxylic acids is 1. The number of hydrogen-bond donors (Lipinski definition) is 1. The number of amides is 1. The van der Waals surface area contributed by atoms with Crippen LogP contribution in [-0.2, 0) is 4.79 Å². The van der Waals surface area contributed by atoms with Gasteiger partial charge in [-0.05, 0) is 44.7 Å². The predicted molar refractivity (Wildman–Crippen MR) is 71.2 cm³/mol. The Morgan fingerprint density at radius 2 is 1.65 bits per heavy atom. The fourth-order valence-electron chi connectivity index (χ4n) is 2.79. The number of nitrogens with one attached hydrogen (secondary N) is 1. The Balaban J connectivity index is 2.15. The lowest BCUT2D eigenvalue weighted by Crippen LogP contribution is -2.21. The summed E-state index contributed by atoms with van der Waals surface area (Å²) in [6.07, 6.45) is 4.50. The van der Waals surface area contributed by atoms with Crippen molar-refractivity contribution in [3.05, 3.63) is 28.8 Å². The van der Waals surface area contributed by atoms with Crippen molar-refractivity contribution in [3.8, 4) is 0 Å². The maximum atomic E-state index is 12.1. The van der Waals surface area contributed by atoms with Crippen molar-refractivity contribution >= 4 is 11.6 Å². The van der Waals surface area contributed by atoms with Crippen LogP contribution in [0, 0.1) is 26.7 Å². The Bertz CT molecular complexity index is 408. The van der Waals surface area contributed by atoms with Crippen LogP contribution in [0.15, 0.2) is 12.1 Å². The van der Waals surface area contributed by atoms with E-state index in [1.54, 1.807) is 0 Å². The smallest absolute Gasteiger partial charge is 0.227 e. The average molecular weight is 231 g/mol. The highest BCUT2D eigenvalue weighted by Crippen LogP contribution is 2.28. The zero-order valence-corrected chi connectivity index (χ0v) is 11.0. The minimum absolute atomic E-state index is 0.206. The number of carbonyl (C=O) groups is 1. The van der Waals surface area contributed by atoms with E-state index in [2.05, 4.69) is 38.2 Å². The highest BCUT2D eigenvalue weighted by Gasteiger charge is 2.23. The van der Waals surface area contributed by atoms with Gasteiger partial charge in [0.1, 0.15) is 0 Å². The fraction of sp³-hybridized carbons (Fsp3) is 0.533. The van der Waals surface area contributed by atoms with E-state index >= 15 is 0 Å². The molecular weight excluding hydrogens is 210 g/mol. The van der Waals surface area contributed by atoms with Crippen molar-refractivity contribution < 1.29 is 4.79 Å². The van der Waals surface area contributed by atoms with Crippen LogP contribution in [0.5, 0.6) is 0 Å². The number of benzene rings is 1. The van der Waals surface area contributed by atoms with E-state index in [1.165, 1.54) is 18.4 Å². The molecule has 2 heteroatoms. The van der Waals surface area contributed by atoms with Gasteiger partial charge in [0.2, 0.25) is 5.91 Å². The number of hydrogen-bond acceptors (Lipinski definition) is 1. The molecule has 0 radical (unpaired) electrons. The highest BCUT2D eigenvalue weighted by atomic mass is 16.1. The summed E-state index contributed by atoms with van der Waals surface area (Å²) < 4.78 is 0. The van der Waals surface area contributed by atoms with Crippen molar-refractivity contribution in [3.63, 3.8) is 0 Å². The Labute approximate surface area is 103 Å². The normalized spacial score (nSPS) is 16.2. The first kappa shape index (κ1) is 12.2. The number of rotatable bonds is 2. The van der Waals surface area contributed by atoms with Crippen LogP contribution in [0.3, 0.4) is 0 Å². The first-order chi connectivity index (χ1) is 8.08. The van der Waals surface area contributed by atoms with E-state index in [1.807, 2.05) is 0 Å². The molecule has 92 valence electrons. The molecule has 1 aliphatic rings. The van der Waals surface area contributed by atoms with Gasteiger partial charge in [0.25, 0.3) is 0 Å². The molecule has 1 amide bonds. The van der Waals surface area contributed by atoms with Gasteiger partial charge in [-0.25, -0.2) is 0 Å². The third-order valence-electron chi connectivity index (χ3n) is 3.65. The molecule has 0 aromatic heterocycles. The van der Waals surface area contributed by atoms with Crippen molar-refractivity contribution in [2.75, 3.05) is 5.32 Å². The summed E-state index contributed by atoms with van der Waals surface area (Å²) in [6, 6.07) is 4.24. The maximum Gasteiger partial charge on any atom is 0.227 e. The van der Waals surface area contributed by atoms with Gasteiger partial charge in [0, 0.05) is 11.6 Å². The predicted octanol–water partition coefficient (Wildman–Crippen LogP) is 3.74. The Hall–Kier alpha value is -1.31. The van der Waals surface area contributed by atoms with Crippen molar-refractivity contribution in [1.82, 2.24) is 0 Å². The van der Waals surface area contributed by atoms with E-state index in [4.69, 9.17) is 0 Å². The summed E-state index contributed by atoms with van der Waals surface area (Å²) in [5.74, 6) is 0.438. The molecule has 0 bridgehead atoms. The van der Waals surface area contributed by atoms with Gasteiger partial charge in [-0.15, -0.1) is 0 Å². The Morgan fingerprint density at radius 1 is 1.12 bits per heavy atom. The van der Waals surface area contributed by atoms with Crippen LogP contribution in [-0.4, -0.2) is 5.91 Å². The van der Waals surface area contributed by atoms with Crippen LogP contribution < -0.4 is 5.32 Å². The van der Waals surface area contributed by atoms with Crippen molar-refractivity contribution in [1.29, 1.82) is 0 Å². The lowest BCUT2D eigenvalue weighted by Gasteiger charge is -2.15. The van der Waals surface area contributed by atoms with Crippen LogP contribution in [0.1, 0.15) is 42.4 Å². The van der Waals surface area contributed by atoms with Gasteiger partial charge in [0.15, 0.2) is 0 Å². The molecule has 2 nitrogen and oxygen atoms in total. The molecule has 1 saturated carbocycles. The van der Waals surface area contributed by atoms with E-state index in [-0.39, 0.29) is 11.8 Å². The zero-order valence-electron chi connectivity index (χ0n) is 11.0. The van der Waals surface area contributed by atoms with Gasteiger partial charge in [-0.2, -0.15) is 0 Å². The third kappa shape index (κ3) is 2.68. The summed E-state index contributed by atoms with van der Waals surface area (Å²) in [4.78, 5) is 12.1. The first-order valence-electron chi connectivity index (χ1n) is 6.46. The molecule has 1 aromatic rings. The largest absolute Gasteiger partial charge is 0.325 e. The third-order valence-corrected chi connectivity index (χ3v) is 3.65. The summed E-state index contributed by atoms with van der Waals surface area (Å²) in [6.45, 7) is 6.21. The molecule has 0 aliphatic heterocycles. The molecule has 1 aromatic carbocycles. The number of aryl methyl sites for hydroxylation is 3. The van der Waals surface area contributed by atoms with Gasteiger partial charge in [-0.3, -0.25) is 4.79 Å². The zero-order chi connectivity index (χ0) is 12.4. The summed E-state index contributed by atoms with van der Waals surface area (Å²) >= 11 is 0. The molecule has 1 fully saturated rings. The van der Waals surface area contributed by atoms with E-state index in [0.29, 0.717) is 0 Å².